The zero-order valence-electron chi connectivity index (χ0n) is 10.8. The van der Waals surface area contributed by atoms with Gasteiger partial charge in [-0.25, -0.2) is 8.78 Å². The maximum absolute atomic E-state index is 13.9. The standard InChI is InChI=1S/C13H15F2N3S/c1-8-5-12(18(2)17-8)19-13-10(14)6-9(3-4-16)7-11(13)15/h5-7H,3-4,16H2,1-2H3. The fourth-order valence-electron chi connectivity index (χ4n) is 1.81. The number of aryl methyl sites for hydroxylation is 2. The third kappa shape index (κ3) is 3.13. The van der Waals surface area contributed by atoms with Gasteiger partial charge in [-0.2, -0.15) is 5.10 Å². The van der Waals surface area contributed by atoms with Gasteiger partial charge < -0.3 is 5.73 Å². The van der Waals surface area contributed by atoms with Crippen molar-refractivity contribution in [3.8, 4) is 0 Å². The van der Waals surface area contributed by atoms with Crippen LogP contribution in [0.15, 0.2) is 28.1 Å². The monoisotopic (exact) mass is 283 g/mol. The highest BCUT2D eigenvalue weighted by Gasteiger charge is 2.14. The van der Waals surface area contributed by atoms with E-state index in [1.54, 1.807) is 17.8 Å². The minimum atomic E-state index is -0.563. The zero-order valence-corrected chi connectivity index (χ0v) is 11.6. The van der Waals surface area contributed by atoms with Gasteiger partial charge in [-0.15, -0.1) is 0 Å². The topological polar surface area (TPSA) is 43.8 Å². The molecule has 0 bridgehead atoms. The van der Waals surface area contributed by atoms with Gasteiger partial charge in [0.25, 0.3) is 0 Å². The van der Waals surface area contributed by atoms with E-state index in [-0.39, 0.29) is 4.90 Å². The van der Waals surface area contributed by atoms with Crippen LogP contribution >= 0.6 is 11.8 Å². The number of nitrogens with zero attached hydrogens (tertiary/aromatic N) is 2. The lowest BCUT2D eigenvalue weighted by Crippen LogP contribution is -2.04. The van der Waals surface area contributed by atoms with E-state index >= 15 is 0 Å². The Kier molecular flexibility index (Phi) is 4.21. The van der Waals surface area contributed by atoms with E-state index in [4.69, 9.17) is 5.73 Å². The molecule has 2 aromatic rings. The van der Waals surface area contributed by atoms with Crippen LogP contribution in [0.1, 0.15) is 11.3 Å². The van der Waals surface area contributed by atoms with Gasteiger partial charge in [-0.3, -0.25) is 4.68 Å². The molecule has 0 saturated heterocycles. The molecule has 1 heterocycles. The van der Waals surface area contributed by atoms with Crippen LogP contribution in [-0.4, -0.2) is 16.3 Å². The summed E-state index contributed by atoms with van der Waals surface area (Å²) in [6.07, 6.45) is 0.462. The van der Waals surface area contributed by atoms with Gasteiger partial charge in [0.1, 0.15) is 11.6 Å². The Bertz CT molecular complexity index is 573. The normalized spacial score (nSPS) is 11.0. The molecule has 1 aromatic carbocycles. The molecule has 0 aliphatic heterocycles. The molecule has 3 nitrogen and oxygen atoms in total. The second-order valence-electron chi connectivity index (χ2n) is 4.28. The lowest BCUT2D eigenvalue weighted by Gasteiger charge is -2.07. The average Bonchev–Trinajstić information content (AvgIpc) is 2.63. The first-order valence-electron chi connectivity index (χ1n) is 5.87. The van der Waals surface area contributed by atoms with E-state index in [1.807, 2.05) is 6.92 Å². The van der Waals surface area contributed by atoms with Crippen molar-refractivity contribution < 1.29 is 8.78 Å². The summed E-state index contributed by atoms with van der Waals surface area (Å²) in [6, 6.07) is 4.46. The molecule has 0 fully saturated rings. The van der Waals surface area contributed by atoms with Gasteiger partial charge in [0.05, 0.1) is 15.6 Å². The van der Waals surface area contributed by atoms with E-state index in [9.17, 15) is 8.78 Å². The largest absolute Gasteiger partial charge is 0.330 e. The minimum absolute atomic E-state index is 0.0104. The van der Waals surface area contributed by atoms with Crippen molar-refractivity contribution in [2.24, 2.45) is 12.8 Å². The first-order chi connectivity index (χ1) is 9.01. The highest BCUT2D eigenvalue weighted by atomic mass is 32.2. The quantitative estimate of drug-likeness (QED) is 0.938. The van der Waals surface area contributed by atoms with Crippen LogP contribution < -0.4 is 5.73 Å². The molecule has 0 unspecified atom stereocenters. The van der Waals surface area contributed by atoms with E-state index in [2.05, 4.69) is 5.10 Å². The van der Waals surface area contributed by atoms with Crippen LogP contribution in [0.2, 0.25) is 0 Å². The summed E-state index contributed by atoms with van der Waals surface area (Å²) in [7, 11) is 1.74. The Morgan fingerprint density at radius 3 is 2.37 bits per heavy atom. The molecule has 0 aliphatic carbocycles. The van der Waals surface area contributed by atoms with E-state index < -0.39 is 11.6 Å². The van der Waals surface area contributed by atoms with Crippen molar-refractivity contribution in [3.05, 3.63) is 41.1 Å². The Morgan fingerprint density at radius 2 is 1.89 bits per heavy atom. The molecule has 102 valence electrons. The molecule has 2 N–H and O–H groups in total. The van der Waals surface area contributed by atoms with E-state index in [0.29, 0.717) is 23.6 Å². The molecule has 6 heteroatoms. The van der Waals surface area contributed by atoms with Crippen molar-refractivity contribution in [2.75, 3.05) is 6.54 Å². The predicted octanol–water partition coefficient (Wildman–Crippen LogP) is 2.66. The van der Waals surface area contributed by atoms with E-state index in [0.717, 1.165) is 17.5 Å². The third-order valence-corrected chi connectivity index (χ3v) is 3.84. The van der Waals surface area contributed by atoms with Gasteiger partial charge in [-0.05, 0) is 43.7 Å². The van der Waals surface area contributed by atoms with Crippen LogP contribution in [0.3, 0.4) is 0 Å². The van der Waals surface area contributed by atoms with Gasteiger partial charge in [0.15, 0.2) is 0 Å². The number of rotatable bonds is 4. The summed E-state index contributed by atoms with van der Waals surface area (Å²) in [4.78, 5) is -0.0104. The number of aromatic nitrogens is 2. The van der Waals surface area contributed by atoms with Crippen LogP contribution in [-0.2, 0) is 13.5 Å². The maximum Gasteiger partial charge on any atom is 0.140 e. The fourth-order valence-corrected chi connectivity index (χ4v) is 2.73. The van der Waals surface area contributed by atoms with Gasteiger partial charge in [0.2, 0.25) is 0 Å². The fraction of sp³-hybridized carbons (Fsp3) is 0.308. The smallest absolute Gasteiger partial charge is 0.140 e. The first kappa shape index (κ1) is 14.0. The van der Waals surface area contributed by atoms with Gasteiger partial charge >= 0.3 is 0 Å². The molecule has 0 saturated carbocycles. The number of hydrogen-bond donors (Lipinski definition) is 1. The van der Waals surface area contributed by atoms with Gasteiger partial charge in [0, 0.05) is 7.05 Å². The van der Waals surface area contributed by atoms with Crippen LogP contribution in [0.4, 0.5) is 8.78 Å². The maximum atomic E-state index is 13.9. The Hall–Kier alpha value is -1.40. The average molecular weight is 283 g/mol. The molecule has 0 aliphatic rings. The Balaban J connectivity index is 2.32. The first-order valence-corrected chi connectivity index (χ1v) is 6.69. The number of benzene rings is 1. The summed E-state index contributed by atoms with van der Waals surface area (Å²) in [6.45, 7) is 2.20. The molecule has 0 radical (unpaired) electrons. The third-order valence-electron chi connectivity index (χ3n) is 2.66. The molecule has 19 heavy (non-hydrogen) atoms. The lowest BCUT2D eigenvalue weighted by molar-refractivity contribution is 0.536. The van der Waals surface area contributed by atoms with Gasteiger partial charge in [-0.1, -0.05) is 11.8 Å². The summed E-state index contributed by atoms with van der Waals surface area (Å²) in [5, 5.41) is 4.84. The molecular weight excluding hydrogens is 268 g/mol. The summed E-state index contributed by atoms with van der Waals surface area (Å²) >= 11 is 1.03. The van der Waals surface area contributed by atoms with Crippen LogP contribution in [0.25, 0.3) is 0 Å². The van der Waals surface area contributed by atoms with Crippen molar-refractivity contribution >= 4 is 11.8 Å². The molecular formula is C13H15F2N3S. The van der Waals surface area contributed by atoms with Crippen molar-refractivity contribution in [2.45, 2.75) is 23.3 Å². The minimum Gasteiger partial charge on any atom is -0.330 e. The van der Waals surface area contributed by atoms with Crippen LogP contribution in [0.5, 0.6) is 0 Å². The second-order valence-corrected chi connectivity index (χ2v) is 5.31. The van der Waals surface area contributed by atoms with Crippen molar-refractivity contribution in [1.82, 2.24) is 9.78 Å². The highest BCUT2D eigenvalue weighted by Crippen LogP contribution is 2.32. The molecule has 0 spiro atoms. The zero-order chi connectivity index (χ0) is 14.0. The van der Waals surface area contributed by atoms with Crippen molar-refractivity contribution in [1.29, 1.82) is 0 Å². The highest BCUT2D eigenvalue weighted by molar-refractivity contribution is 7.99. The van der Waals surface area contributed by atoms with E-state index in [1.165, 1.54) is 12.1 Å². The molecule has 1 aromatic heterocycles. The van der Waals surface area contributed by atoms with Crippen molar-refractivity contribution in [3.63, 3.8) is 0 Å². The van der Waals surface area contributed by atoms with Crippen LogP contribution in [0, 0.1) is 18.6 Å². The lowest BCUT2D eigenvalue weighted by atomic mass is 10.1. The predicted molar refractivity (Wildman–Crippen MR) is 71.2 cm³/mol. The number of halogens is 2. The molecule has 0 atom stereocenters. The number of hydrogen-bond acceptors (Lipinski definition) is 3. The SMILES string of the molecule is Cc1cc(Sc2c(F)cc(CCN)cc2F)n(C)n1. The Morgan fingerprint density at radius 1 is 1.26 bits per heavy atom. The summed E-state index contributed by atoms with van der Waals surface area (Å²) < 4.78 is 29.5. The summed E-state index contributed by atoms with van der Waals surface area (Å²) in [5.74, 6) is -1.13. The molecule has 0 amide bonds. The summed E-state index contributed by atoms with van der Waals surface area (Å²) in [5.41, 5.74) is 6.77. The Labute approximate surface area is 114 Å². The second kappa shape index (κ2) is 5.71. The molecule has 2 rings (SSSR count). The number of nitrogens with two attached hydrogens (primary N) is 1.